The van der Waals surface area contributed by atoms with Crippen LogP contribution in [-0.2, 0) is 19.1 Å². The number of hydrogen-bond acceptors (Lipinski definition) is 5. The van der Waals surface area contributed by atoms with Crippen LogP contribution in [0.2, 0.25) is 0 Å². The molecule has 0 bridgehead atoms. The maximum atomic E-state index is 13.4. The predicted octanol–water partition coefficient (Wildman–Crippen LogP) is 2.06. The Balaban J connectivity index is 2.17. The molecule has 4 atom stereocenters. The van der Waals surface area contributed by atoms with Crippen molar-refractivity contribution in [3.05, 3.63) is 12.7 Å². The van der Waals surface area contributed by atoms with E-state index in [-0.39, 0.29) is 12.3 Å². The summed E-state index contributed by atoms with van der Waals surface area (Å²) in [5.74, 6) is -2.34. The van der Waals surface area contributed by atoms with Crippen molar-refractivity contribution in [1.82, 2.24) is 15.5 Å². The summed E-state index contributed by atoms with van der Waals surface area (Å²) in [6.45, 7) is 14.6. The van der Waals surface area contributed by atoms with Crippen molar-refractivity contribution in [2.45, 2.75) is 84.0 Å². The molecule has 31 heavy (non-hydrogen) atoms. The lowest BCUT2D eigenvalue weighted by Gasteiger charge is -2.36. The highest BCUT2D eigenvalue weighted by Crippen LogP contribution is 2.44. The Morgan fingerprint density at radius 1 is 1.19 bits per heavy atom. The number of carbonyl (C=O) groups is 4. The lowest BCUT2D eigenvalue weighted by Crippen LogP contribution is -2.59. The van der Waals surface area contributed by atoms with E-state index in [0.29, 0.717) is 19.4 Å². The number of hydrogen-bond donors (Lipinski definition) is 3. The number of alkyl carbamates (subject to hydrolysis) is 1. The van der Waals surface area contributed by atoms with E-state index in [1.807, 2.05) is 20.8 Å². The van der Waals surface area contributed by atoms with E-state index < -0.39 is 52.5 Å². The molecule has 174 valence electrons. The van der Waals surface area contributed by atoms with E-state index in [9.17, 15) is 24.3 Å². The van der Waals surface area contributed by atoms with Crippen molar-refractivity contribution in [2.24, 2.45) is 11.3 Å². The Bertz CT molecular complexity index is 766. The van der Waals surface area contributed by atoms with Crippen LogP contribution < -0.4 is 10.6 Å². The molecule has 0 aromatic heterocycles. The molecule has 0 aromatic carbocycles. The minimum Gasteiger partial charge on any atom is -0.479 e. The maximum absolute atomic E-state index is 13.4. The molecule has 1 saturated heterocycles. The van der Waals surface area contributed by atoms with E-state index in [1.54, 1.807) is 20.8 Å². The van der Waals surface area contributed by atoms with Gasteiger partial charge in [0, 0.05) is 12.5 Å². The zero-order chi connectivity index (χ0) is 23.8. The highest BCUT2D eigenvalue weighted by Gasteiger charge is 2.61. The van der Waals surface area contributed by atoms with Gasteiger partial charge in [0.15, 0.2) is 0 Å². The predicted molar refractivity (Wildman–Crippen MR) is 114 cm³/mol. The van der Waals surface area contributed by atoms with E-state index in [0.717, 1.165) is 0 Å². The van der Waals surface area contributed by atoms with Gasteiger partial charge in [0.1, 0.15) is 23.2 Å². The van der Waals surface area contributed by atoms with Crippen LogP contribution in [0.25, 0.3) is 0 Å². The molecular weight excluding hydrogens is 402 g/mol. The lowest BCUT2D eigenvalue weighted by molar-refractivity contribution is -0.146. The number of carbonyl (C=O) groups excluding carboxylic acids is 3. The minimum atomic E-state index is -1.35. The molecular formula is C22H35N3O6. The van der Waals surface area contributed by atoms with Gasteiger partial charge < -0.3 is 25.4 Å². The second-order valence-corrected chi connectivity index (χ2v) is 10.4. The van der Waals surface area contributed by atoms with Crippen LogP contribution in [0.3, 0.4) is 0 Å². The number of carboxylic acid groups (broad SMARTS) is 1. The van der Waals surface area contributed by atoms with Crippen LogP contribution in [0.1, 0.15) is 60.8 Å². The van der Waals surface area contributed by atoms with Gasteiger partial charge in [-0.2, -0.15) is 0 Å². The van der Waals surface area contributed by atoms with Crippen LogP contribution in [-0.4, -0.2) is 63.7 Å². The molecule has 2 fully saturated rings. The van der Waals surface area contributed by atoms with Gasteiger partial charge in [0.25, 0.3) is 0 Å². The lowest BCUT2D eigenvalue weighted by atomic mass is 9.85. The van der Waals surface area contributed by atoms with Gasteiger partial charge in [-0.05, 0) is 45.4 Å². The van der Waals surface area contributed by atoms with Gasteiger partial charge in [-0.25, -0.2) is 9.59 Å². The SMILES string of the molecule is C=CC1CC1(NC(=O)[C@@H]1CCCN1C(=O)[C@@H](NC(=O)OC(C)(C)C)C(C)(C)C)C(=O)O. The smallest absolute Gasteiger partial charge is 0.408 e. The van der Waals surface area contributed by atoms with Crippen molar-refractivity contribution in [3.8, 4) is 0 Å². The Labute approximate surface area is 183 Å². The average Bonchev–Trinajstić information content (AvgIpc) is 3.10. The van der Waals surface area contributed by atoms with Gasteiger partial charge in [0.05, 0.1) is 0 Å². The number of amides is 3. The Kier molecular flexibility index (Phi) is 6.78. The second-order valence-electron chi connectivity index (χ2n) is 10.4. The van der Waals surface area contributed by atoms with Crippen molar-refractivity contribution >= 4 is 23.9 Å². The quantitative estimate of drug-likeness (QED) is 0.546. The van der Waals surface area contributed by atoms with Crippen LogP contribution in [0.5, 0.6) is 0 Å². The van der Waals surface area contributed by atoms with Gasteiger partial charge >= 0.3 is 12.1 Å². The number of ether oxygens (including phenoxy) is 1. The molecule has 2 rings (SSSR count). The summed E-state index contributed by atoms with van der Waals surface area (Å²) >= 11 is 0. The summed E-state index contributed by atoms with van der Waals surface area (Å²) < 4.78 is 5.30. The van der Waals surface area contributed by atoms with Crippen molar-refractivity contribution in [2.75, 3.05) is 6.54 Å². The fourth-order valence-electron chi connectivity index (χ4n) is 3.86. The molecule has 1 aliphatic heterocycles. The summed E-state index contributed by atoms with van der Waals surface area (Å²) in [5, 5.41) is 14.8. The summed E-state index contributed by atoms with van der Waals surface area (Å²) in [5.41, 5.74) is -2.71. The number of carboxylic acids is 1. The number of likely N-dealkylation sites (tertiary alicyclic amines) is 1. The normalized spacial score (nSPS) is 26.6. The first-order valence-electron chi connectivity index (χ1n) is 10.6. The molecule has 2 unspecified atom stereocenters. The zero-order valence-corrected chi connectivity index (χ0v) is 19.3. The van der Waals surface area contributed by atoms with Crippen LogP contribution in [0, 0.1) is 11.3 Å². The maximum Gasteiger partial charge on any atom is 0.408 e. The first kappa shape index (κ1) is 24.7. The molecule has 0 spiro atoms. The van der Waals surface area contributed by atoms with Crippen LogP contribution in [0.4, 0.5) is 4.79 Å². The third-order valence-corrected chi connectivity index (χ3v) is 5.64. The van der Waals surface area contributed by atoms with Gasteiger partial charge in [-0.15, -0.1) is 6.58 Å². The van der Waals surface area contributed by atoms with Crippen molar-refractivity contribution in [3.63, 3.8) is 0 Å². The van der Waals surface area contributed by atoms with Crippen molar-refractivity contribution in [1.29, 1.82) is 0 Å². The van der Waals surface area contributed by atoms with E-state index in [2.05, 4.69) is 17.2 Å². The summed E-state index contributed by atoms with van der Waals surface area (Å²) in [6, 6.07) is -1.70. The van der Waals surface area contributed by atoms with Crippen LogP contribution >= 0.6 is 0 Å². The molecule has 0 aromatic rings. The van der Waals surface area contributed by atoms with E-state index >= 15 is 0 Å². The number of rotatable bonds is 6. The number of nitrogens with one attached hydrogen (secondary N) is 2. The first-order valence-corrected chi connectivity index (χ1v) is 10.6. The Hall–Kier alpha value is -2.58. The molecule has 1 heterocycles. The fraction of sp³-hybridized carbons (Fsp3) is 0.727. The molecule has 1 saturated carbocycles. The molecule has 3 amide bonds. The molecule has 1 aliphatic carbocycles. The van der Waals surface area contributed by atoms with Crippen molar-refractivity contribution < 1.29 is 29.0 Å². The number of aliphatic carboxylic acids is 1. The first-order chi connectivity index (χ1) is 14.1. The minimum absolute atomic E-state index is 0.281. The number of nitrogens with zero attached hydrogens (tertiary/aromatic N) is 1. The summed E-state index contributed by atoms with van der Waals surface area (Å²) in [6.07, 6.45) is 2.13. The Morgan fingerprint density at radius 2 is 1.81 bits per heavy atom. The van der Waals surface area contributed by atoms with Gasteiger partial charge in [0.2, 0.25) is 11.8 Å². The molecule has 9 nitrogen and oxygen atoms in total. The van der Waals surface area contributed by atoms with E-state index in [4.69, 9.17) is 4.74 Å². The highest BCUT2D eigenvalue weighted by atomic mass is 16.6. The monoisotopic (exact) mass is 437 g/mol. The fourth-order valence-corrected chi connectivity index (χ4v) is 3.86. The second kappa shape index (κ2) is 8.51. The summed E-state index contributed by atoms with van der Waals surface area (Å²) in [7, 11) is 0. The topological polar surface area (TPSA) is 125 Å². The standard InChI is InChI=1S/C22H35N3O6/c1-8-13-12-22(13,18(28)29)24-16(26)14-10-9-11-25(14)17(27)15(20(2,3)4)23-19(30)31-21(5,6)7/h8,13-15H,1,9-12H2,2-7H3,(H,23,30)(H,24,26)(H,28,29)/t13?,14-,15+,22?/m0/s1. The third-order valence-electron chi connectivity index (χ3n) is 5.64. The highest BCUT2D eigenvalue weighted by molar-refractivity contribution is 5.96. The summed E-state index contributed by atoms with van der Waals surface area (Å²) in [4.78, 5) is 51.8. The van der Waals surface area contributed by atoms with Crippen LogP contribution in [0.15, 0.2) is 12.7 Å². The van der Waals surface area contributed by atoms with E-state index in [1.165, 1.54) is 11.0 Å². The molecule has 0 radical (unpaired) electrons. The molecule has 2 aliphatic rings. The molecule has 3 N–H and O–H groups in total. The largest absolute Gasteiger partial charge is 0.479 e. The third kappa shape index (κ3) is 5.57. The zero-order valence-electron chi connectivity index (χ0n) is 19.3. The van der Waals surface area contributed by atoms with Gasteiger partial charge in [-0.3, -0.25) is 9.59 Å². The Morgan fingerprint density at radius 3 is 2.26 bits per heavy atom. The average molecular weight is 438 g/mol. The molecule has 9 heteroatoms. The van der Waals surface area contributed by atoms with Gasteiger partial charge in [-0.1, -0.05) is 26.8 Å².